The molecule has 3 heteroatoms. The first-order valence-corrected chi connectivity index (χ1v) is 6.66. The maximum absolute atomic E-state index is 13.6. The van der Waals surface area contributed by atoms with E-state index in [4.69, 9.17) is 5.73 Å². The number of carbonyl (C=O) groups excluding carboxylic acids is 1. The number of benzene rings is 3. The summed E-state index contributed by atoms with van der Waals surface area (Å²) in [6, 6.07) is 15.7. The number of carbonyl (C=O) groups is 1. The van der Waals surface area contributed by atoms with Gasteiger partial charge in [0.05, 0.1) is 5.69 Å². The molecule has 0 bridgehead atoms. The summed E-state index contributed by atoms with van der Waals surface area (Å²) in [5, 5.41) is 1.86. The molecule has 0 saturated heterocycles. The third-order valence-electron chi connectivity index (χ3n) is 3.63. The van der Waals surface area contributed by atoms with Crippen LogP contribution in [0.15, 0.2) is 54.6 Å². The van der Waals surface area contributed by atoms with Crippen LogP contribution in [-0.2, 0) is 0 Å². The molecule has 0 aliphatic carbocycles. The maximum atomic E-state index is 13.6. The van der Waals surface area contributed by atoms with Crippen molar-refractivity contribution in [2.24, 2.45) is 0 Å². The number of aryl methyl sites for hydroxylation is 1. The van der Waals surface area contributed by atoms with Crippen molar-refractivity contribution in [3.63, 3.8) is 0 Å². The number of anilines is 1. The SMILES string of the molecule is Cc1ccc2ccccc2c1C(=O)c1ccc(N)c(F)c1. The number of hydrogen-bond donors (Lipinski definition) is 1. The highest BCUT2D eigenvalue weighted by molar-refractivity contribution is 6.17. The van der Waals surface area contributed by atoms with Gasteiger partial charge in [-0.15, -0.1) is 0 Å². The normalized spacial score (nSPS) is 10.8. The second-order valence-electron chi connectivity index (χ2n) is 5.04. The van der Waals surface area contributed by atoms with Crippen molar-refractivity contribution in [2.75, 3.05) is 5.73 Å². The zero-order valence-electron chi connectivity index (χ0n) is 11.6. The fourth-order valence-corrected chi connectivity index (χ4v) is 2.49. The Hall–Kier alpha value is -2.68. The molecule has 0 radical (unpaired) electrons. The Morgan fingerprint density at radius 2 is 1.81 bits per heavy atom. The molecule has 3 aromatic rings. The highest BCUT2D eigenvalue weighted by atomic mass is 19.1. The fraction of sp³-hybridized carbons (Fsp3) is 0.0556. The Balaban J connectivity index is 2.21. The van der Waals surface area contributed by atoms with E-state index in [1.54, 1.807) is 6.07 Å². The number of fused-ring (bicyclic) bond motifs is 1. The van der Waals surface area contributed by atoms with E-state index in [-0.39, 0.29) is 11.5 Å². The predicted molar refractivity (Wildman–Crippen MR) is 82.9 cm³/mol. The van der Waals surface area contributed by atoms with Crippen molar-refractivity contribution < 1.29 is 9.18 Å². The van der Waals surface area contributed by atoms with E-state index >= 15 is 0 Å². The summed E-state index contributed by atoms with van der Waals surface area (Å²) in [5.41, 5.74) is 7.29. The van der Waals surface area contributed by atoms with Crippen LogP contribution in [0.25, 0.3) is 10.8 Å². The molecule has 2 nitrogen and oxygen atoms in total. The minimum Gasteiger partial charge on any atom is -0.396 e. The van der Waals surface area contributed by atoms with Crippen molar-refractivity contribution >= 4 is 22.2 Å². The van der Waals surface area contributed by atoms with Crippen molar-refractivity contribution in [3.8, 4) is 0 Å². The average Bonchev–Trinajstić information content (AvgIpc) is 2.49. The lowest BCUT2D eigenvalue weighted by Gasteiger charge is -2.10. The third kappa shape index (κ3) is 2.27. The van der Waals surface area contributed by atoms with E-state index < -0.39 is 5.82 Å². The lowest BCUT2D eigenvalue weighted by Crippen LogP contribution is -2.06. The smallest absolute Gasteiger partial charge is 0.194 e. The number of rotatable bonds is 2. The summed E-state index contributed by atoms with van der Waals surface area (Å²) in [4.78, 5) is 12.7. The molecule has 0 saturated carbocycles. The summed E-state index contributed by atoms with van der Waals surface area (Å²) in [6.45, 7) is 1.88. The van der Waals surface area contributed by atoms with E-state index in [1.165, 1.54) is 12.1 Å². The summed E-state index contributed by atoms with van der Waals surface area (Å²) in [5.74, 6) is -0.762. The third-order valence-corrected chi connectivity index (χ3v) is 3.63. The first kappa shape index (κ1) is 13.3. The highest BCUT2D eigenvalue weighted by Crippen LogP contribution is 2.25. The highest BCUT2D eigenvalue weighted by Gasteiger charge is 2.16. The zero-order chi connectivity index (χ0) is 15.0. The fourth-order valence-electron chi connectivity index (χ4n) is 2.49. The molecule has 2 N–H and O–H groups in total. The van der Waals surface area contributed by atoms with E-state index in [9.17, 15) is 9.18 Å². The second-order valence-corrected chi connectivity index (χ2v) is 5.04. The number of nitrogens with two attached hydrogens (primary N) is 1. The van der Waals surface area contributed by atoms with Gasteiger partial charge in [0.2, 0.25) is 0 Å². The van der Waals surface area contributed by atoms with Crippen LogP contribution in [0.3, 0.4) is 0 Å². The molecule has 0 aliphatic rings. The van der Waals surface area contributed by atoms with E-state index in [2.05, 4.69) is 0 Å². The molecular formula is C18H14FNO. The molecule has 21 heavy (non-hydrogen) atoms. The Morgan fingerprint density at radius 1 is 1.05 bits per heavy atom. The molecule has 104 valence electrons. The van der Waals surface area contributed by atoms with Gasteiger partial charge in [0.1, 0.15) is 5.82 Å². The van der Waals surface area contributed by atoms with Gasteiger partial charge in [-0.1, -0.05) is 36.4 Å². The number of halogens is 1. The largest absolute Gasteiger partial charge is 0.396 e. The Bertz CT molecular complexity index is 855. The molecule has 0 atom stereocenters. The van der Waals surface area contributed by atoms with Gasteiger partial charge in [0.15, 0.2) is 5.78 Å². The summed E-state index contributed by atoms with van der Waals surface area (Å²) in [7, 11) is 0. The van der Waals surface area contributed by atoms with Gasteiger partial charge in [0, 0.05) is 11.1 Å². The van der Waals surface area contributed by atoms with Crippen molar-refractivity contribution in [3.05, 3.63) is 77.1 Å². The van der Waals surface area contributed by atoms with Gasteiger partial charge < -0.3 is 5.73 Å². The number of ketones is 1. The quantitative estimate of drug-likeness (QED) is 0.567. The van der Waals surface area contributed by atoms with Gasteiger partial charge in [-0.05, 0) is 41.5 Å². The molecule has 0 spiro atoms. The van der Waals surface area contributed by atoms with Gasteiger partial charge in [-0.3, -0.25) is 4.79 Å². The van der Waals surface area contributed by atoms with Crippen molar-refractivity contribution in [1.82, 2.24) is 0 Å². The average molecular weight is 279 g/mol. The molecule has 0 heterocycles. The second kappa shape index (κ2) is 5.02. The maximum Gasteiger partial charge on any atom is 0.194 e. The topological polar surface area (TPSA) is 43.1 Å². The van der Waals surface area contributed by atoms with E-state index in [1.807, 2.05) is 43.3 Å². The van der Waals surface area contributed by atoms with Gasteiger partial charge in [0.25, 0.3) is 0 Å². The molecule has 0 unspecified atom stereocenters. The number of hydrogen-bond acceptors (Lipinski definition) is 2. The summed E-state index contributed by atoms with van der Waals surface area (Å²) in [6.07, 6.45) is 0. The van der Waals surface area contributed by atoms with Gasteiger partial charge in [-0.25, -0.2) is 4.39 Å². The van der Waals surface area contributed by atoms with Crippen LogP contribution < -0.4 is 5.73 Å². The molecule has 0 aromatic heterocycles. The first-order chi connectivity index (χ1) is 10.1. The van der Waals surface area contributed by atoms with Crippen molar-refractivity contribution in [2.45, 2.75) is 6.92 Å². The van der Waals surface area contributed by atoms with Crippen molar-refractivity contribution in [1.29, 1.82) is 0 Å². The molecule has 0 amide bonds. The monoisotopic (exact) mass is 279 g/mol. The van der Waals surface area contributed by atoms with Gasteiger partial charge in [-0.2, -0.15) is 0 Å². The Morgan fingerprint density at radius 3 is 2.57 bits per heavy atom. The Labute approximate surface area is 122 Å². The van der Waals surface area contributed by atoms with Crippen LogP contribution in [0.5, 0.6) is 0 Å². The molecular weight excluding hydrogens is 265 g/mol. The molecule has 3 rings (SSSR count). The van der Waals surface area contributed by atoms with Crippen LogP contribution in [-0.4, -0.2) is 5.78 Å². The lowest BCUT2D eigenvalue weighted by atomic mass is 9.93. The van der Waals surface area contributed by atoms with Crippen LogP contribution in [0.1, 0.15) is 21.5 Å². The minimum atomic E-state index is -0.571. The molecule has 0 fully saturated rings. The van der Waals surface area contributed by atoms with E-state index in [0.717, 1.165) is 16.3 Å². The van der Waals surface area contributed by atoms with Crippen LogP contribution in [0, 0.1) is 12.7 Å². The van der Waals surface area contributed by atoms with Gasteiger partial charge >= 0.3 is 0 Å². The van der Waals surface area contributed by atoms with Crippen LogP contribution >= 0.6 is 0 Å². The lowest BCUT2D eigenvalue weighted by molar-refractivity contribution is 0.103. The summed E-state index contributed by atoms with van der Waals surface area (Å²) < 4.78 is 13.6. The molecule has 3 aromatic carbocycles. The number of nitrogen functional groups attached to an aromatic ring is 1. The first-order valence-electron chi connectivity index (χ1n) is 6.66. The van der Waals surface area contributed by atoms with Crippen LogP contribution in [0.4, 0.5) is 10.1 Å². The van der Waals surface area contributed by atoms with Crippen LogP contribution in [0.2, 0.25) is 0 Å². The van der Waals surface area contributed by atoms with E-state index in [0.29, 0.717) is 11.1 Å². The standard InChI is InChI=1S/C18H14FNO/c1-11-6-7-12-4-2-3-5-14(12)17(11)18(21)13-8-9-16(20)15(19)10-13/h2-10H,20H2,1H3. The zero-order valence-corrected chi connectivity index (χ0v) is 11.6. The summed E-state index contributed by atoms with van der Waals surface area (Å²) >= 11 is 0. The Kier molecular flexibility index (Phi) is 3.18. The molecule has 0 aliphatic heterocycles. The minimum absolute atomic E-state index is 0.0428. The predicted octanol–water partition coefficient (Wildman–Crippen LogP) is 4.10.